The zero-order chi connectivity index (χ0) is 48.6. The molecule has 0 amide bonds. The second-order valence-electron chi connectivity index (χ2n) is 17.8. The maximum Gasteiger partial charge on any atom is 0.306 e. The summed E-state index contributed by atoms with van der Waals surface area (Å²) in [5.74, 6) is -1.02. The number of hydrogen-bond donors (Lipinski definition) is 0. The molecule has 67 heavy (non-hydrogen) atoms. The molecule has 0 bridgehead atoms. The first-order valence-electron chi connectivity index (χ1n) is 27.4. The number of esters is 3. The van der Waals surface area contributed by atoms with Gasteiger partial charge in [-0.2, -0.15) is 0 Å². The van der Waals surface area contributed by atoms with Gasteiger partial charge < -0.3 is 14.2 Å². The van der Waals surface area contributed by atoms with E-state index in [4.69, 9.17) is 14.2 Å². The first-order chi connectivity index (χ1) is 33.0. The predicted octanol–water partition coefficient (Wildman–Crippen LogP) is 18.3. The highest BCUT2D eigenvalue weighted by Crippen LogP contribution is 2.14. The van der Waals surface area contributed by atoms with Crippen molar-refractivity contribution in [2.45, 2.75) is 245 Å². The Morgan fingerprint density at radius 1 is 0.328 bits per heavy atom. The maximum atomic E-state index is 12.8. The van der Waals surface area contributed by atoms with Crippen molar-refractivity contribution >= 4 is 17.9 Å². The highest BCUT2D eigenvalue weighted by atomic mass is 16.6. The monoisotopic (exact) mass is 929 g/mol. The van der Waals surface area contributed by atoms with Crippen LogP contribution in [-0.4, -0.2) is 37.2 Å². The van der Waals surface area contributed by atoms with Gasteiger partial charge in [-0.3, -0.25) is 14.4 Å². The molecule has 0 saturated carbocycles. The molecular formula is C61H100O6. The van der Waals surface area contributed by atoms with Gasteiger partial charge in [-0.25, -0.2) is 0 Å². The average molecular weight is 929 g/mol. The van der Waals surface area contributed by atoms with E-state index in [2.05, 4.69) is 124 Å². The van der Waals surface area contributed by atoms with E-state index in [1.165, 1.54) is 89.9 Å². The molecule has 0 aliphatic heterocycles. The van der Waals surface area contributed by atoms with Gasteiger partial charge in [0.1, 0.15) is 13.2 Å². The predicted molar refractivity (Wildman–Crippen MR) is 288 cm³/mol. The molecule has 0 aliphatic rings. The van der Waals surface area contributed by atoms with E-state index >= 15 is 0 Å². The summed E-state index contributed by atoms with van der Waals surface area (Å²) < 4.78 is 16.7. The van der Waals surface area contributed by atoms with Crippen molar-refractivity contribution in [1.29, 1.82) is 0 Å². The van der Waals surface area contributed by atoms with Crippen LogP contribution in [0.25, 0.3) is 0 Å². The molecule has 6 heteroatoms. The van der Waals surface area contributed by atoms with Crippen molar-refractivity contribution in [1.82, 2.24) is 0 Å². The summed E-state index contributed by atoms with van der Waals surface area (Å²) in [4.78, 5) is 38.0. The van der Waals surface area contributed by atoms with Crippen LogP contribution in [0, 0.1) is 0 Å². The summed E-state index contributed by atoms with van der Waals surface area (Å²) in [5, 5.41) is 0. The lowest BCUT2D eigenvalue weighted by molar-refractivity contribution is -0.166. The molecule has 1 unspecified atom stereocenters. The number of hydrogen-bond acceptors (Lipinski definition) is 6. The Labute approximate surface area is 412 Å². The molecule has 0 aromatic carbocycles. The number of unbranched alkanes of at least 4 members (excludes halogenated alkanes) is 21. The van der Waals surface area contributed by atoms with Crippen LogP contribution in [0.1, 0.15) is 239 Å². The molecule has 1 atom stereocenters. The van der Waals surface area contributed by atoms with Crippen molar-refractivity contribution in [2.75, 3.05) is 13.2 Å². The van der Waals surface area contributed by atoms with Crippen LogP contribution < -0.4 is 0 Å². The number of carbonyl (C=O) groups excluding carboxylic acids is 3. The molecule has 380 valence electrons. The van der Waals surface area contributed by atoms with Gasteiger partial charge in [-0.05, 0) is 83.5 Å². The quantitative estimate of drug-likeness (QED) is 0.0199. The fourth-order valence-electron chi connectivity index (χ4n) is 7.23. The van der Waals surface area contributed by atoms with Gasteiger partial charge in [0.25, 0.3) is 0 Å². The van der Waals surface area contributed by atoms with Crippen LogP contribution in [0.4, 0.5) is 0 Å². The third-order valence-corrected chi connectivity index (χ3v) is 11.3. The molecule has 0 aromatic rings. The summed E-state index contributed by atoms with van der Waals surface area (Å²) in [7, 11) is 0. The third kappa shape index (κ3) is 52.9. The minimum Gasteiger partial charge on any atom is -0.462 e. The lowest BCUT2D eigenvalue weighted by Crippen LogP contribution is -2.30. The summed E-state index contributed by atoms with van der Waals surface area (Å²) in [6, 6.07) is 0. The van der Waals surface area contributed by atoms with Crippen molar-refractivity contribution < 1.29 is 28.6 Å². The molecule has 0 saturated heterocycles. The average Bonchev–Trinajstić information content (AvgIpc) is 3.33. The van der Waals surface area contributed by atoms with Gasteiger partial charge in [0.05, 0.1) is 0 Å². The number of carbonyl (C=O) groups is 3. The van der Waals surface area contributed by atoms with Gasteiger partial charge in [0.2, 0.25) is 0 Å². The highest BCUT2D eigenvalue weighted by Gasteiger charge is 2.19. The lowest BCUT2D eigenvalue weighted by Gasteiger charge is -2.18. The molecule has 6 nitrogen and oxygen atoms in total. The van der Waals surface area contributed by atoms with Crippen LogP contribution in [0.15, 0.2) is 109 Å². The molecule has 0 fully saturated rings. The van der Waals surface area contributed by atoms with Crippen LogP contribution in [0.5, 0.6) is 0 Å². The van der Waals surface area contributed by atoms with Gasteiger partial charge in [0.15, 0.2) is 6.10 Å². The molecule has 0 rings (SSSR count). The molecule has 0 aliphatic carbocycles. The summed E-state index contributed by atoms with van der Waals surface area (Å²) >= 11 is 0. The van der Waals surface area contributed by atoms with Crippen molar-refractivity contribution in [3.05, 3.63) is 109 Å². The Balaban J connectivity index is 4.54. The largest absolute Gasteiger partial charge is 0.462 e. The molecular weight excluding hydrogens is 829 g/mol. The number of rotatable bonds is 48. The van der Waals surface area contributed by atoms with Gasteiger partial charge in [-0.15, -0.1) is 0 Å². The summed E-state index contributed by atoms with van der Waals surface area (Å²) in [5.41, 5.74) is 0. The number of allylic oxidation sites excluding steroid dienone is 18. The van der Waals surface area contributed by atoms with Gasteiger partial charge in [0, 0.05) is 19.3 Å². The summed E-state index contributed by atoms with van der Waals surface area (Å²) in [6.45, 7) is 6.42. The summed E-state index contributed by atoms with van der Waals surface area (Å²) in [6.07, 6.45) is 73.7. The highest BCUT2D eigenvalue weighted by molar-refractivity contribution is 5.71. The second-order valence-corrected chi connectivity index (χ2v) is 17.8. The van der Waals surface area contributed by atoms with E-state index in [9.17, 15) is 14.4 Å². The first kappa shape index (κ1) is 63.1. The number of ether oxygens (including phenoxy) is 3. The Morgan fingerprint density at radius 2 is 0.672 bits per heavy atom. The third-order valence-electron chi connectivity index (χ3n) is 11.3. The minimum absolute atomic E-state index is 0.110. The molecule has 0 heterocycles. The zero-order valence-electron chi connectivity index (χ0n) is 43.4. The van der Waals surface area contributed by atoms with Gasteiger partial charge in [-0.1, -0.05) is 246 Å². The fraction of sp³-hybridized carbons (Fsp3) is 0.656. The molecule has 0 spiro atoms. The Morgan fingerprint density at radius 3 is 1.09 bits per heavy atom. The van der Waals surface area contributed by atoms with Crippen LogP contribution in [0.3, 0.4) is 0 Å². The molecule has 0 aromatic heterocycles. The van der Waals surface area contributed by atoms with E-state index in [1.54, 1.807) is 0 Å². The van der Waals surface area contributed by atoms with E-state index in [-0.39, 0.29) is 44.0 Å². The second kappa shape index (κ2) is 54.7. The molecule has 0 N–H and O–H groups in total. The fourth-order valence-corrected chi connectivity index (χ4v) is 7.23. The molecule has 0 radical (unpaired) electrons. The lowest BCUT2D eigenvalue weighted by atomic mass is 10.0. The Kier molecular flexibility index (Phi) is 51.5. The zero-order valence-corrected chi connectivity index (χ0v) is 43.4. The normalized spacial score (nSPS) is 12.9. The smallest absolute Gasteiger partial charge is 0.306 e. The Hall–Kier alpha value is -3.93. The van der Waals surface area contributed by atoms with E-state index in [0.717, 1.165) is 103 Å². The van der Waals surface area contributed by atoms with Gasteiger partial charge >= 0.3 is 17.9 Å². The van der Waals surface area contributed by atoms with Crippen molar-refractivity contribution in [2.24, 2.45) is 0 Å². The van der Waals surface area contributed by atoms with Crippen LogP contribution >= 0.6 is 0 Å². The first-order valence-corrected chi connectivity index (χ1v) is 27.4. The van der Waals surface area contributed by atoms with Crippen LogP contribution in [0.2, 0.25) is 0 Å². The Bertz CT molecular complexity index is 1390. The maximum absolute atomic E-state index is 12.8. The van der Waals surface area contributed by atoms with Crippen molar-refractivity contribution in [3.8, 4) is 0 Å². The minimum atomic E-state index is -0.819. The van der Waals surface area contributed by atoms with E-state index < -0.39 is 6.10 Å². The SMILES string of the molecule is CC/C=C\C/C=C\C/C=C\C/C=C\C/C=C\C/C=C\CCC(=O)OCC(COC(=O)CCCCCCCCCCCCCC)OC(=O)CCCCCCC\C=C/C=C\C=C/CCCCCCC. The topological polar surface area (TPSA) is 78.9 Å². The van der Waals surface area contributed by atoms with E-state index in [0.29, 0.717) is 12.8 Å². The standard InChI is InChI=1S/C61H100O6/c1-4-7-10-13-16-19-22-25-27-29-31-33-34-36-39-42-45-48-51-54-60(63)66-57-58(56-65-59(62)53-50-47-44-41-38-24-21-18-15-12-9-6-3)67-61(64)55-52-49-46-43-40-37-35-32-30-28-26-23-20-17-14-11-8-5-2/h7,10,16,19,23,25-28,30-33,35-36,39,45,48,58H,4-6,8-9,11-15,17-18,20-22,24,29,34,37-38,40-44,46-47,49-57H2,1-3H3/b10-7-,19-16-,26-23-,27-25-,30-28-,33-31-,35-32-,39-36-,48-45-. The van der Waals surface area contributed by atoms with Crippen molar-refractivity contribution in [3.63, 3.8) is 0 Å². The van der Waals surface area contributed by atoms with E-state index in [1.807, 2.05) is 6.08 Å². The van der Waals surface area contributed by atoms with Crippen LogP contribution in [-0.2, 0) is 28.6 Å².